The first-order chi connectivity index (χ1) is 9.71. The second kappa shape index (κ2) is 6.84. The minimum absolute atomic E-state index is 0.00170. The van der Waals surface area contributed by atoms with Gasteiger partial charge in [0.05, 0.1) is 13.0 Å². The predicted octanol–water partition coefficient (Wildman–Crippen LogP) is 1.82. The molecule has 0 aliphatic carbocycles. The molecule has 0 fully saturated rings. The fourth-order valence-corrected chi connectivity index (χ4v) is 1.88. The van der Waals surface area contributed by atoms with Crippen molar-refractivity contribution in [2.24, 2.45) is 5.73 Å². The lowest BCUT2D eigenvalue weighted by Crippen LogP contribution is -2.14. The Morgan fingerprint density at radius 3 is 2.05 bits per heavy atom. The van der Waals surface area contributed by atoms with Crippen LogP contribution in [0.3, 0.4) is 0 Å². The molecular weight excluding hydrogens is 252 g/mol. The zero-order valence-corrected chi connectivity index (χ0v) is 11.2. The van der Waals surface area contributed by atoms with Crippen molar-refractivity contribution in [2.45, 2.75) is 19.6 Å². The number of anilines is 1. The highest BCUT2D eigenvalue weighted by atomic mass is 16.3. The molecule has 2 aromatic rings. The van der Waals surface area contributed by atoms with Gasteiger partial charge in [-0.25, -0.2) is 0 Å². The predicted molar refractivity (Wildman–Crippen MR) is 79.0 cm³/mol. The van der Waals surface area contributed by atoms with Gasteiger partial charge >= 0.3 is 0 Å². The third kappa shape index (κ3) is 3.91. The topological polar surface area (TPSA) is 75.4 Å². The van der Waals surface area contributed by atoms with Gasteiger partial charge in [0.1, 0.15) is 0 Å². The highest BCUT2D eigenvalue weighted by Crippen LogP contribution is 2.11. The molecule has 0 spiro atoms. The van der Waals surface area contributed by atoms with Crippen LogP contribution in [0.1, 0.15) is 16.7 Å². The van der Waals surface area contributed by atoms with Crippen molar-refractivity contribution < 1.29 is 9.90 Å². The van der Waals surface area contributed by atoms with E-state index in [0.29, 0.717) is 13.0 Å². The lowest BCUT2D eigenvalue weighted by atomic mass is 10.1. The number of nitrogens with one attached hydrogen (secondary N) is 1. The van der Waals surface area contributed by atoms with E-state index < -0.39 is 0 Å². The third-order valence-electron chi connectivity index (χ3n) is 3.04. The molecule has 0 unspecified atom stereocenters. The summed E-state index contributed by atoms with van der Waals surface area (Å²) in [5.41, 5.74) is 9.08. The number of rotatable bonds is 5. The summed E-state index contributed by atoms with van der Waals surface area (Å²) in [6.07, 6.45) is 0.326. The van der Waals surface area contributed by atoms with Gasteiger partial charge in [-0.3, -0.25) is 4.79 Å². The third-order valence-corrected chi connectivity index (χ3v) is 3.04. The van der Waals surface area contributed by atoms with Crippen molar-refractivity contribution in [1.29, 1.82) is 0 Å². The van der Waals surface area contributed by atoms with Gasteiger partial charge in [-0.2, -0.15) is 0 Å². The number of aliphatic hydroxyl groups excluding tert-OH is 1. The number of carbonyl (C=O) groups is 1. The van der Waals surface area contributed by atoms with Crippen LogP contribution in [0.4, 0.5) is 5.69 Å². The Balaban J connectivity index is 1.93. The van der Waals surface area contributed by atoms with E-state index in [-0.39, 0.29) is 12.5 Å². The summed E-state index contributed by atoms with van der Waals surface area (Å²) >= 11 is 0. The summed E-state index contributed by atoms with van der Waals surface area (Å²) in [5, 5.41) is 11.8. The van der Waals surface area contributed by atoms with Crippen LogP contribution in [0.5, 0.6) is 0 Å². The summed E-state index contributed by atoms with van der Waals surface area (Å²) in [5.74, 6) is -0.0674. The van der Waals surface area contributed by atoms with Crippen LogP contribution < -0.4 is 11.1 Å². The molecule has 4 N–H and O–H groups in total. The molecule has 0 radical (unpaired) electrons. The maximum atomic E-state index is 11.9. The average molecular weight is 270 g/mol. The standard InChI is InChI=1S/C16H18N2O2/c17-10-13-3-1-12(2-4-13)9-16(20)18-15-7-5-14(11-19)6-8-15/h1-8,19H,9-11,17H2,(H,18,20). The van der Waals surface area contributed by atoms with Crippen molar-refractivity contribution in [3.05, 3.63) is 65.2 Å². The number of benzene rings is 2. The monoisotopic (exact) mass is 270 g/mol. The largest absolute Gasteiger partial charge is 0.392 e. The molecule has 0 heterocycles. The molecule has 0 aliphatic rings. The van der Waals surface area contributed by atoms with Crippen molar-refractivity contribution in [2.75, 3.05) is 5.32 Å². The van der Waals surface area contributed by atoms with Crippen molar-refractivity contribution >= 4 is 11.6 Å². The smallest absolute Gasteiger partial charge is 0.228 e. The fourth-order valence-electron chi connectivity index (χ4n) is 1.88. The molecule has 104 valence electrons. The van der Waals surface area contributed by atoms with E-state index in [0.717, 1.165) is 22.4 Å². The van der Waals surface area contributed by atoms with E-state index in [4.69, 9.17) is 10.8 Å². The first-order valence-corrected chi connectivity index (χ1v) is 6.49. The molecular formula is C16H18N2O2. The van der Waals surface area contributed by atoms with Crippen LogP contribution >= 0.6 is 0 Å². The number of hydrogen-bond acceptors (Lipinski definition) is 3. The molecule has 0 aromatic heterocycles. The minimum atomic E-state index is -0.0674. The number of aliphatic hydroxyl groups is 1. The lowest BCUT2D eigenvalue weighted by Gasteiger charge is -2.06. The number of hydrogen-bond donors (Lipinski definition) is 3. The van der Waals surface area contributed by atoms with Crippen LogP contribution in [-0.2, 0) is 24.4 Å². The van der Waals surface area contributed by atoms with Gasteiger partial charge in [0.25, 0.3) is 0 Å². The summed E-state index contributed by atoms with van der Waals surface area (Å²) in [6.45, 7) is 0.505. The summed E-state index contributed by atoms with van der Waals surface area (Å²) in [6, 6.07) is 14.8. The summed E-state index contributed by atoms with van der Waals surface area (Å²) in [4.78, 5) is 11.9. The molecule has 2 rings (SSSR count). The number of amides is 1. The summed E-state index contributed by atoms with van der Waals surface area (Å²) in [7, 11) is 0. The Labute approximate surface area is 118 Å². The zero-order valence-electron chi connectivity index (χ0n) is 11.2. The minimum Gasteiger partial charge on any atom is -0.392 e. The second-order valence-electron chi connectivity index (χ2n) is 4.60. The van der Waals surface area contributed by atoms with E-state index in [1.807, 2.05) is 24.3 Å². The fraction of sp³-hybridized carbons (Fsp3) is 0.188. The van der Waals surface area contributed by atoms with E-state index in [1.165, 1.54) is 0 Å². The number of nitrogens with two attached hydrogens (primary N) is 1. The molecule has 0 saturated heterocycles. The SMILES string of the molecule is NCc1ccc(CC(=O)Nc2ccc(CO)cc2)cc1. The molecule has 0 bridgehead atoms. The van der Waals surface area contributed by atoms with E-state index in [9.17, 15) is 4.79 Å². The first kappa shape index (κ1) is 14.2. The normalized spacial score (nSPS) is 10.3. The molecule has 4 nitrogen and oxygen atoms in total. The highest BCUT2D eigenvalue weighted by Gasteiger charge is 2.04. The van der Waals surface area contributed by atoms with Crippen LogP contribution in [0.25, 0.3) is 0 Å². The van der Waals surface area contributed by atoms with Gasteiger partial charge < -0.3 is 16.2 Å². The van der Waals surface area contributed by atoms with Gasteiger partial charge in [0, 0.05) is 12.2 Å². The van der Waals surface area contributed by atoms with Crippen molar-refractivity contribution in [3.63, 3.8) is 0 Å². The Morgan fingerprint density at radius 2 is 1.50 bits per heavy atom. The maximum absolute atomic E-state index is 11.9. The molecule has 4 heteroatoms. The van der Waals surface area contributed by atoms with Gasteiger partial charge in [-0.05, 0) is 28.8 Å². The molecule has 1 amide bonds. The summed E-state index contributed by atoms with van der Waals surface area (Å²) < 4.78 is 0. The van der Waals surface area contributed by atoms with E-state index in [2.05, 4.69) is 5.32 Å². The molecule has 20 heavy (non-hydrogen) atoms. The van der Waals surface area contributed by atoms with Gasteiger partial charge in [0.2, 0.25) is 5.91 Å². The highest BCUT2D eigenvalue weighted by molar-refractivity contribution is 5.92. The van der Waals surface area contributed by atoms with Crippen LogP contribution in [0.2, 0.25) is 0 Å². The van der Waals surface area contributed by atoms with Crippen LogP contribution in [0, 0.1) is 0 Å². The van der Waals surface area contributed by atoms with Gasteiger partial charge in [-0.15, -0.1) is 0 Å². The number of carbonyl (C=O) groups excluding carboxylic acids is 1. The van der Waals surface area contributed by atoms with Crippen LogP contribution in [0.15, 0.2) is 48.5 Å². The van der Waals surface area contributed by atoms with E-state index in [1.54, 1.807) is 24.3 Å². The second-order valence-corrected chi connectivity index (χ2v) is 4.60. The molecule has 2 aromatic carbocycles. The quantitative estimate of drug-likeness (QED) is 0.775. The zero-order chi connectivity index (χ0) is 14.4. The molecule has 0 aliphatic heterocycles. The lowest BCUT2D eigenvalue weighted by molar-refractivity contribution is -0.115. The molecule has 0 saturated carbocycles. The van der Waals surface area contributed by atoms with E-state index >= 15 is 0 Å². The Hall–Kier alpha value is -2.17. The average Bonchev–Trinajstić information content (AvgIpc) is 2.49. The Bertz CT molecular complexity index is 511. The maximum Gasteiger partial charge on any atom is 0.228 e. The Kier molecular flexibility index (Phi) is 4.87. The van der Waals surface area contributed by atoms with Gasteiger partial charge in [0.15, 0.2) is 0 Å². The Morgan fingerprint density at radius 1 is 0.950 bits per heavy atom. The molecule has 0 atom stereocenters. The van der Waals surface area contributed by atoms with Crippen molar-refractivity contribution in [3.8, 4) is 0 Å². The first-order valence-electron chi connectivity index (χ1n) is 6.49. The van der Waals surface area contributed by atoms with Crippen LogP contribution in [-0.4, -0.2) is 11.0 Å². The van der Waals surface area contributed by atoms with Crippen molar-refractivity contribution in [1.82, 2.24) is 0 Å². The van der Waals surface area contributed by atoms with Gasteiger partial charge in [-0.1, -0.05) is 36.4 Å².